The van der Waals surface area contributed by atoms with Crippen LogP contribution in [0.3, 0.4) is 0 Å². The molecule has 1 unspecified atom stereocenters. The van der Waals surface area contributed by atoms with E-state index in [1.807, 2.05) is 6.92 Å². The molecule has 0 saturated heterocycles. The van der Waals surface area contributed by atoms with Crippen molar-refractivity contribution in [1.29, 1.82) is 0 Å². The second kappa shape index (κ2) is 9.58. The van der Waals surface area contributed by atoms with Crippen molar-refractivity contribution in [2.24, 2.45) is 0 Å². The van der Waals surface area contributed by atoms with Crippen molar-refractivity contribution >= 4 is 33.5 Å². The molecule has 1 atom stereocenters. The highest BCUT2D eigenvalue weighted by Crippen LogP contribution is 2.23. The Bertz CT molecular complexity index is 1030. The zero-order chi connectivity index (χ0) is 21.7. The summed E-state index contributed by atoms with van der Waals surface area (Å²) in [5.74, 6) is -0.0728. The van der Waals surface area contributed by atoms with Crippen LogP contribution in [0.25, 0.3) is 0 Å². The van der Waals surface area contributed by atoms with E-state index >= 15 is 0 Å². The maximum Gasteiger partial charge on any atom is 0.342 e. The molecule has 0 bridgehead atoms. The summed E-state index contributed by atoms with van der Waals surface area (Å²) in [4.78, 5) is 25.0. The molecule has 156 valence electrons. The number of carbonyl (C=O) groups is 2. The van der Waals surface area contributed by atoms with Gasteiger partial charge in [0.2, 0.25) is 0 Å². The quantitative estimate of drug-likeness (QED) is 0.495. The SMILES string of the molecule is Cc1noc(C)c1COc1ccccc1C(=O)OC(C)C(=O)Nc1ccc(Br)cc1. The number of anilines is 1. The van der Waals surface area contributed by atoms with Crippen LogP contribution in [0.2, 0.25) is 0 Å². The molecular formula is C22H21BrN2O5. The second-order valence-corrected chi connectivity index (χ2v) is 7.55. The van der Waals surface area contributed by atoms with Crippen molar-refractivity contribution in [2.75, 3.05) is 5.32 Å². The number of esters is 1. The smallest absolute Gasteiger partial charge is 0.342 e. The van der Waals surface area contributed by atoms with E-state index in [1.165, 1.54) is 6.92 Å². The molecule has 1 N–H and O–H groups in total. The molecule has 0 saturated carbocycles. The molecule has 2 aromatic carbocycles. The minimum Gasteiger partial charge on any atom is -0.488 e. The lowest BCUT2D eigenvalue weighted by molar-refractivity contribution is -0.123. The van der Waals surface area contributed by atoms with Gasteiger partial charge in [-0.2, -0.15) is 0 Å². The number of para-hydroxylation sites is 1. The molecule has 0 spiro atoms. The molecule has 7 nitrogen and oxygen atoms in total. The predicted molar refractivity (Wildman–Crippen MR) is 114 cm³/mol. The monoisotopic (exact) mass is 472 g/mol. The summed E-state index contributed by atoms with van der Waals surface area (Å²) >= 11 is 3.34. The number of ether oxygens (including phenoxy) is 2. The fourth-order valence-electron chi connectivity index (χ4n) is 2.67. The van der Waals surface area contributed by atoms with Crippen LogP contribution in [0, 0.1) is 13.8 Å². The molecule has 1 amide bonds. The third-order valence-electron chi connectivity index (χ3n) is 4.43. The summed E-state index contributed by atoms with van der Waals surface area (Å²) in [6.07, 6.45) is -0.989. The zero-order valence-corrected chi connectivity index (χ0v) is 18.4. The average molecular weight is 473 g/mol. The van der Waals surface area contributed by atoms with Crippen LogP contribution in [0.4, 0.5) is 5.69 Å². The van der Waals surface area contributed by atoms with Crippen molar-refractivity contribution < 1.29 is 23.6 Å². The molecule has 0 radical (unpaired) electrons. The van der Waals surface area contributed by atoms with Gasteiger partial charge >= 0.3 is 5.97 Å². The lowest BCUT2D eigenvalue weighted by Crippen LogP contribution is -2.30. The van der Waals surface area contributed by atoms with Gasteiger partial charge in [0, 0.05) is 10.2 Å². The van der Waals surface area contributed by atoms with Crippen molar-refractivity contribution in [1.82, 2.24) is 5.16 Å². The number of nitrogens with zero attached hydrogens (tertiary/aromatic N) is 1. The number of hydrogen-bond acceptors (Lipinski definition) is 6. The Morgan fingerprint density at radius 1 is 1.13 bits per heavy atom. The van der Waals surface area contributed by atoms with Crippen molar-refractivity contribution in [2.45, 2.75) is 33.5 Å². The number of rotatable bonds is 7. The van der Waals surface area contributed by atoms with Gasteiger partial charge < -0.3 is 19.3 Å². The molecule has 1 aromatic heterocycles. The molecule has 0 aliphatic heterocycles. The highest BCUT2D eigenvalue weighted by atomic mass is 79.9. The largest absolute Gasteiger partial charge is 0.488 e. The number of amides is 1. The third-order valence-corrected chi connectivity index (χ3v) is 4.95. The van der Waals surface area contributed by atoms with E-state index in [0.717, 1.165) is 15.7 Å². The van der Waals surface area contributed by atoms with Crippen LogP contribution >= 0.6 is 15.9 Å². The summed E-state index contributed by atoms with van der Waals surface area (Å²) in [5, 5.41) is 6.60. The van der Waals surface area contributed by atoms with E-state index < -0.39 is 18.0 Å². The van der Waals surface area contributed by atoms with Crippen molar-refractivity contribution in [3.05, 3.63) is 75.6 Å². The van der Waals surface area contributed by atoms with Gasteiger partial charge in [-0.1, -0.05) is 33.2 Å². The maximum atomic E-state index is 12.7. The van der Waals surface area contributed by atoms with E-state index in [1.54, 1.807) is 55.5 Å². The fraction of sp³-hybridized carbons (Fsp3) is 0.227. The second-order valence-electron chi connectivity index (χ2n) is 6.63. The minimum absolute atomic E-state index is 0.199. The molecule has 0 aliphatic carbocycles. The standard InChI is InChI=1S/C22H21BrN2O5/c1-13-19(14(2)30-25-13)12-28-20-7-5-4-6-18(20)22(27)29-15(3)21(26)24-17-10-8-16(23)9-11-17/h4-11,15H,12H2,1-3H3,(H,24,26). The summed E-state index contributed by atoms with van der Waals surface area (Å²) in [6.45, 7) is 5.33. The Morgan fingerprint density at radius 2 is 1.83 bits per heavy atom. The first-order valence-corrected chi connectivity index (χ1v) is 10.1. The van der Waals surface area contributed by atoms with E-state index in [4.69, 9.17) is 14.0 Å². The Kier molecular flexibility index (Phi) is 6.89. The fourth-order valence-corrected chi connectivity index (χ4v) is 2.94. The predicted octanol–water partition coefficient (Wildman–Crippen LogP) is 4.82. The Labute approximate surface area is 182 Å². The average Bonchev–Trinajstić information content (AvgIpc) is 3.05. The lowest BCUT2D eigenvalue weighted by Gasteiger charge is -2.15. The molecule has 8 heteroatoms. The van der Waals surface area contributed by atoms with Crippen molar-refractivity contribution in [3.63, 3.8) is 0 Å². The van der Waals surface area contributed by atoms with Crippen LogP contribution in [-0.2, 0) is 16.1 Å². The summed E-state index contributed by atoms with van der Waals surface area (Å²) < 4.78 is 17.2. The van der Waals surface area contributed by atoms with E-state index in [0.29, 0.717) is 17.2 Å². The molecule has 30 heavy (non-hydrogen) atoms. The molecule has 1 heterocycles. The van der Waals surface area contributed by atoms with E-state index in [-0.39, 0.29) is 12.2 Å². The normalized spacial score (nSPS) is 11.6. The first-order chi connectivity index (χ1) is 14.3. The number of benzene rings is 2. The molecular weight excluding hydrogens is 452 g/mol. The first-order valence-electron chi connectivity index (χ1n) is 9.26. The van der Waals surface area contributed by atoms with Gasteiger partial charge in [-0.3, -0.25) is 4.79 Å². The van der Waals surface area contributed by atoms with Crippen LogP contribution in [0.15, 0.2) is 57.5 Å². The molecule has 3 aromatic rings. The summed E-state index contributed by atoms with van der Waals surface area (Å²) in [6, 6.07) is 13.8. The molecule has 3 rings (SSSR count). The third kappa shape index (κ3) is 5.27. The van der Waals surface area contributed by atoms with Gasteiger partial charge in [0.1, 0.15) is 23.7 Å². The van der Waals surface area contributed by atoms with E-state index in [2.05, 4.69) is 26.4 Å². The van der Waals surface area contributed by atoms with Gasteiger partial charge in [-0.05, 0) is 57.2 Å². The number of aryl methyl sites for hydroxylation is 2. The van der Waals surface area contributed by atoms with Crippen molar-refractivity contribution in [3.8, 4) is 5.75 Å². The van der Waals surface area contributed by atoms with Gasteiger partial charge in [0.05, 0.1) is 11.3 Å². The van der Waals surface area contributed by atoms with Gasteiger partial charge in [0.25, 0.3) is 5.91 Å². The molecule has 0 aliphatic rings. The molecule has 0 fully saturated rings. The zero-order valence-electron chi connectivity index (χ0n) is 16.8. The first kappa shape index (κ1) is 21.6. The van der Waals surface area contributed by atoms with Crippen LogP contribution in [0.1, 0.15) is 34.3 Å². The van der Waals surface area contributed by atoms with Gasteiger partial charge in [-0.25, -0.2) is 4.79 Å². The number of nitrogens with one attached hydrogen (secondary N) is 1. The van der Waals surface area contributed by atoms with Gasteiger partial charge in [-0.15, -0.1) is 0 Å². The Hall–Kier alpha value is -3.13. The van der Waals surface area contributed by atoms with Crippen LogP contribution in [0.5, 0.6) is 5.75 Å². The highest BCUT2D eigenvalue weighted by molar-refractivity contribution is 9.10. The Balaban J connectivity index is 1.64. The summed E-state index contributed by atoms with van der Waals surface area (Å²) in [7, 11) is 0. The minimum atomic E-state index is -0.989. The number of aromatic nitrogens is 1. The number of hydrogen-bond donors (Lipinski definition) is 1. The van der Waals surface area contributed by atoms with Gasteiger partial charge in [0.15, 0.2) is 6.10 Å². The number of carbonyl (C=O) groups excluding carboxylic acids is 2. The topological polar surface area (TPSA) is 90.7 Å². The van der Waals surface area contributed by atoms with Crippen LogP contribution in [-0.4, -0.2) is 23.1 Å². The van der Waals surface area contributed by atoms with Crippen LogP contribution < -0.4 is 10.1 Å². The number of halogens is 1. The lowest BCUT2D eigenvalue weighted by atomic mass is 10.2. The van der Waals surface area contributed by atoms with E-state index in [9.17, 15) is 9.59 Å². The highest BCUT2D eigenvalue weighted by Gasteiger charge is 2.22. The summed E-state index contributed by atoms with van der Waals surface area (Å²) in [5.41, 5.74) is 2.38. The Morgan fingerprint density at radius 3 is 2.50 bits per heavy atom. The maximum absolute atomic E-state index is 12.7.